The van der Waals surface area contributed by atoms with Crippen LogP contribution in [0.3, 0.4) is 0 Å². The highest BCUT2D eigenvalue weighted by Gasteiger charge is 2.59. The van der Waals surface area contributed by atoms with E-state index in [-0.39, 0.29) is 6.61 Å². The fourth-order valence-electron chi connectivity index (χ4n) is 3.44. The second kappa shape index (κ2) is 6.33. The first kappa shape index (κ1) is 17.2. The maximum atomic E-state index is 12.7. The zero-order chi connectivity index (χ0) is 18.2. The third-order valence-electron chi connectivity index (χ3n) is 4.55. The molecule has 1 aromatic carbocycles. The summed E-state index contributed by atoms with van der Waals surface area (Å²) in [7, 11) is 0. The normalized spacial score (nSPS) is 29.4. The molecule has 0 spiro atoms. The molecule has 2 N–H and O–H groups in total. The SMILES string of the molecule is CCOC(=O)c1cccc(NC(=O)[C@H]2[C@H](C(=O)O)[C@H]3C=C[C@@]2(C)O3)c1. The van der Waals surface area contributed by atoms with Crippen molar-refractivity contribution >= 4 is 23.5 Å². The molecule has 2 aliphatic rings. The molecule has 1 fully saturated rings. The Morgan fingerprint density at radius 1 is 1.36 bits per heavy atom. The highest BCUT2D eigenvalue weighted by atomic mass is 16.5. The van der Waals surface area contributed by atoms with Gasteiger partial charge in [-0.2, -0.15) is 0 Å². The Hall–Kier alpha value is -2.67. The van der Waals surface area contributed by atoms with Gasteiger partial charge in [0.05, 0.1) is 29.8 Å². The van der Waals surface area contributed by atoms with E-state index in [4.69, 9.17) is 9.47 Å². The molecule has 0 unspecified atom stereocenters. The van der Waals surface area contributed by atoms with Crippen LogP contribution in [0.15, 0.2) is 36.4 Å². The number of aliphatic carboxylic acids is 1. The van der Waals surface area contributed by atoms with E-state index in [1.54, 1.807) is 44.2 Å². The monoisotopic (exact) mass is 345 g/mol. The number of carbonyl (C=O) groups excluding carboxylic acids is 2. The Labute approximate surface area is 144 Å². The summed E-state index contributed by atoms with van der Waals surface area (Å²) in [5, 5.41) is 12.1. The molecule has 2 aliphatic heterocycles. The third-order valence-corrected chi connectivity index (χ3v) is 4.55. The van der Waals surface area contributed by atoms with E-state index in [0.717, 1.165) is 0 Å². The van der Waals surface area contributed by atoms with Crippen LogP contribution in [0.5, 0.6) is 0 Å². The molecule has 7 heteroatoms. The van der Waals surface area contributed by atoms with Gasteiger partial charge in [0.25, 0.3) is 0 Å². The molecule has 0 aromatic heterocycles. The van der Waals surface area contributed by atoms with Crippen LogP contribution >= 0.6 is 0 Å². The van der Waals surface area contributed by atoms with Gasteiger partial charge < -0.3 is 19.9 Å². The minimum atomic E-state index is -1.07. The summed E-state index contributed by atoms with van der Waals surface area (Å²) in [5.74, 6) is -3.81. The lowest BCUT2D eigenvalue weighted by atomic mass is 9.75. The summed E-state index contributed by atoms with van der Waals surface area (Å²) in [5.41, 5.74) is -0.240. The zero-order valence-electron chi connectivity index (χ0n) is 13.9. The standard InChI is InChI=1S/C18H19NO6/c1-3-24-17(23)10-5-4-6-11(9-10)19-15(20)14-13(16(21)22)12-7-8-18(14,2)25-12/h4-9,12-14H,3H2,1-2H3,(H,19,20)(H,21,22)/t12-,13-,14-,18-/m1/s1. The van der Waals surface area contributed by atoms with Crippen LogP contribution in [-0.2, 0) is 19.1 Å². The van der Waals surface area contributed by atoms with E-state index in [0.29, 0.717) is 11.3 Å². The number of hydrogen-bond donors (Lipinski definition) is 2. The predicted octanol–water partition coefficient (Wildman–Crippen LogP) is 1.85. The Morgan fingerprint density at radius 2 is 2.12 bits per heavy atom. The van der Waals surface area contributed by atoms with Gasteiger partial charge in [-0.15, -0.1) is 0 Å². The minimum absolute atomic E-state index is 0.251. The number of hydrogen-bond acceptors (Lipinski definition) is 5. The second-order valence-corrected chi connectivity index (χ2v) is 6.26. The summed E-state index contributed by atoms with van der Waals surface area (Å²) < 4.78 is 10.6. The number of ether oxygens (including phenoxy) is 2. The van der Waals surface area contributed by atoms with E-state index < -0.39 is 41.4 Å². The number of fused-ring (bicyclic) bond motifs is 2. The summed E-state index contributed by atoms with van der Waals surface area (Å²) in [6, 6.07) is 6.33. The first-order valence-corrected chi connectivity index (χ1v) is 8.04. The zero-order valence-corrected chi connectivity index (χ0v) is 13.9. The molecule has 3 rings (SSSR count). The maximum absolute atomic E-state index is 12.7. The van der Waals surface area contributed by atoms with Crippen LogP contribution < -0.4 is 5.32 Å². The average molecular weight is 345 g/mol. The maximum Gasteiger partial charge on any atom is 0.338 e. The summed E-state index contributed by atoms with van der Waals surface area (Å²) in [4.78, 5) is 36.1. The summed E-state index contributed by atoms with van der Waals surface area (Å²) in [6.07, 6.45) is 2.81. The lowest BCUT2D eigenvalue weighted by Gasteiger charge is -2.27. The predicted molar refractivity (Wildman–Crippen MR) is 88.1 cm³/mol. The van der Waals surface area contributed by atoms with Crippen molar-refractivity contribution < 1.29 is 29.0 Å². The van der Waals surface area contributed by atoms with Crippen molar-refractivity contribution in [2.75, 3.05) is 11.9 Å². The van der Waals surface area contributed by atoms with Crippen molar-refractivity contribution in [1.29, 1.82) is 0 Å². The second-order valence-electron chi connectivity index (χ2n) is 6.26. The van der Waals surface area contributed by atoms with Gasteiger partial charge in [-0.05, 0) is 32.0 Å². The first-order chi connectivity index (χ1) is 11.9. The third kappa shape index (κ3) is 3.02. The van der Waals surface area contributed by atoms with E-state index in [9.17, 15) is 19.5 Å². The van der Waals surface area contributed by atoms with Gasteiger partial charge in [-0.3, -0.25) is 9.59 Å². The van der Waals surface area contributed by atoms with Gasteiger partial charge in [-0.25, -0.2) is 4.79 Å². The Balaban J connectivity index is 1.80. The number of esters is 1. The molecule has 7 nitrogen and oxygen atoms in total. The molecule has 1 amide bonds. The van der Waals surface area contributed by atoms with E-state index in [1.807, 2.05) is 0 Å². The Bertz CT molecular complexity index is 758. The van der Waals surface area contributed by atoms with Gasteiger partial charge in [0.2, 0.25) is 5.91 Å². The highest BCUT2D eigenvalue weighted by Crippen LogP contribution is 2.47. The molecular weight excluding hydrogens is 326 g/mol. The molecule has 2 heterocycles. The van der Waals surface area contributed by atoms with Crippen LogP contribution in [-0.4, -0.2) is 41.3 Å². The Morgan fingerprint density at radius 3 is 2.80 bits per heavy atom. The Kier molecular flexibility index (Phi) is 4.34. The summed E-state index contributed by atoms with van der Waals surface area (Å²) in [6.45, 7) is 3.66. The van der Waals surface area contributed by atoms with E-state index >= 15 is 0 Å². The fourth-order valence-corrected chi connectivity index (χ4v) is 3.44. The van der Waals surface area contributed by atoms with Crippen molar-refractivity contribution in [3.05, 3.63) is 42.0 Å². The van der Waals surface area contributed by atoms with E-state index in [2.05, 4.69) is 5.32 Å². The van der Waals surface area contributed by atoms with Crippen LogP contribution in [0.2, 0.25) is 0 Å². The van der Waals surface area contributed by atoms with Crippen LogP contribution in [0, 0.1) is 11.8 Å². The number of amides is 1. The summed E-state index contributed by atoms with van der Waals surface area (Å²) >= 11 is 0. The molecule has 0 aliphatic carbocycles. The number of carboxylic acids is 1. The molecule has 25 heavy (non-hydrogen) atoms. The van der Waals surface area contributed by atoms with Gasteiger partial charge in [0, 0.05) is 5.69 Å². The van der Waals surface area contributed by atoms with Crippen molar-refractivity contribution in [3.63, 3.8) is 0 Å². The average Bonchev–Trinajstić information content (AvgIpc) is 3.08. The molecule has 0 radical (unpaired) electrons. The van der Waals surface area contributed by atoms with Crippen LogP contribution in [0.25, 0.3) is 0 Å². The molecule has 1 saturated heterocycles. The van der Waals surface area contributed by atoms with Crippen molar-refractivity contribution in [2.45, 2.75) is 25.6 Å². The number of anilines is 1. The highest BCUT2D eigenvalue weighted by molar-refractivity contribution is 5.98. The molecule has 132 valence electrons. The number of rotatable bonds is 5. The molecular formula is C18H19NO6. The minimum Gasteiger partial charge on any atom is -0.481 e. The number of carbonyl (C=O) groups is 3. The van der Waals surface area contributed by atoms with Gasteiger partial charge >= 0.3 is 11.9 Å². The lowest BCUT2D eigenvalue weighted by molar-refractivity contribution is -0.146. The molecule has 0 saturated carbocycles. The fraction of sp³-hybridized carbons (Fsp3) is 0.389. The van der Waals surface area contributed by atoms with Crippen molar-refractivity contribution in [3.8, 4) is 0 Å². The number of nitrogens with one attached hydrogen (secondary N) is 1. The first-order valence-electron chi connectivity index (χ1n) is 8.04. The van der Waals surface area contributed by atoms with Crippen LogP contribution in [0.1, 0.15) is 24.2 Å². The quantitative estimate of drug-likeness (QED) is 0.624. The van der Waals surface area contributed by atoms with Crippen molar-refractivity contribution in [2.24, 2.45) is 11.8 Å². The lowest BCUT2D eigenvalue weighted by Crippen LogP contribution is -2.44. The van der Waals surface area contributed by atoms with E-state index in [1.165, 1.54) is 6.07 Å². The van der Waals surface area contributed by atoms with Gasteiger partial charge in [0.15, 0.2) is 0 Å². The van der Waals surface area contributed by atoms with Crippen molar-refractivity contribution in [1.82, 2.24) is 0 Å². The topological polar surface area (TPSA) is 102 Å². The van der Waals surface area contributed by atoms with Crippen LogP contribution in [0.4, 0.5) is 5.69 Å². The smallest absolute Gasteiger partial charge is 0.338 e. The molecule has 4 atom stereocenters. The number of carboxylic acid groups (broad SMARTS) is 1. The molecule has 1 aromatic rings. The van der Waals surface area contributed by atoms with Gasteiger partial charge in [0.1, 0.15) is 5.92 Å². The number of benzene rings is 1. The largest absolute Gasteiger partial charge is 0.481 e. The van der Waals surface area contributed by atoms with Gasteiger partial charge in [-0.1, -0.05) is 18.2 Å². The molecule has 2 bridgehead atoms.